The van der Waals surface area contributed by atoms with Gasteiger partial charge in [0.2, 0.25) is 0 Å². The molecule has 1 aromatic rings. The number of aromatic nitrogens is 2. The van der Waals surface area contributed by atoms with Crippen molar-refractivity contribution in [2.24, 2.45) is 28.9 Å². The van der Waals surface area contributed by atoms with E-state index >= 15 is 0 Å². The molecule has 0 spiro atoms. The van der Waals surface area contributed by atoms with Crippen LogP contribution in [0.3, 0.4) is 0 Å². The van der Waals surface area contributed by atoms with Gasteiger partial charge in [-0.15, -0.1) is 0 Å². The third kappa shape index (κ3) is 1.93. The number of aromatic amines is 1. The predicted octanol–water partition coefficient (Wildman–Crippen LogP) is 3.63. The molecule has 4 bridgehead atoms. The Kier molecular flexibility index (Phi) is 2.79. The van der Waals surface area contributed by atoms with E-state index in [0.717, 1.165) is 29.9 Å². The first kappa shape index (κ1) is 12.9. The topological polar surface area (TPSA) is 54.7 Å². The van der Waals surface area contributed by atoms with Gasteiger partial charge in [0.25, 0.3) is 0 Å². The molecule has 0 radical (unpaired) electrons. The zero-order chi connectivity index (χ0) is 13.9. The number of nitrogens with two attached hydrogens (primary N) is 1. The van der Waals surface area contributed by atoms with Crippen molar-refractivity contribution in [3.63, 3.8) is 0 Å². The van der Waals surface area contributed by atoms with Gasteiger partial charge < -0.3 is 5.73 Å². The Morgan fingerprint density at radius 2 is 1.70 bits per heavy atom. The maximum atomic E-state index is 6.55. The summed E-state index contributed by atoms with van der Waals surface area (Å²) < 4.78 is 0. The summed E-state index contributed by atoms with van der Waals surface area (Å²) in [6.45, 7) is 4.23. The summed E-state index contributed by atoms with van der Waals surface area (Å²) in [6, 6.07) is 0.121. The van der Waals surface area contributed by atoms with Crippen molar-refractivity contribution >= 4 is 0 Å². The van der Waals surface area contributed by atoms with Gasteiger partial charge in [0, 0.05) is 11.7 Å². The van der Waals surface area contributed by atoms with Gasteiger partial charge in [0.1, 0.15) is 0 Å². The van der Waals surface area contributed by atoms with E-state index in [1.165, 1.54) is 49.8 Å². The van der Waals surface area contributed by atoms with Crippen LogP contribution in [0.4, 0.5) is 0 Å². The summed E-state index contributed by atoms with van der Waals surface area (Å²) in [4.78, 5) is 0. The van der Waals surface area contributed by atoms with E-state index in [1.807, 2.05) is 0 Å². The molecule has 0 amide bonds. The molecule has 110 valence electrons. The molecule has 0 saturated heterocycles. The highest BCUT2D eigenvalue weighted by molar-refractivity contribution is 5.25. The molecular weight excluding hydrogens is 246 g/mol. The lowest BCUT2D eigenvalue weighted by molar-refractivity contribution is -0.0607. The van der Waals surface area contributed by atoms with Gasteiger partial charge in [0.05, 0.1) is 5.69 Å². The zero-order valence-electron chi connectivity index (χ0n) is 12.8. The van der Waals surface area contributed by atoms with Gasteiger partial charge in [-0.2, -0.15) is 5.10 Å². The molecule has 4 fully saturated rings. The second-order valence-electron chi connectivity index (χ2n) is 8.09. The number of nitrogens with zero attached hydrogens (tertiary/aromatic N) is 1. The summed E-state index contributed by atoms with van der Waals surface area (Å²) in [5.74, 6) is 3.03. The third-order valence-electron chi connectivity index (χ3n) is 6.46. The monoisotopic (exact) mass is 273 g/mol. The van der Waals surface area contributed by atoms with Crippen LogP contribution in [-0.4, -0.2) is 10.2 Å². The third-order valence-corrected chi connectivity index (χ3v) is 6.46. The number of hydrogen-bond donors (Lipinski definition) is 2. The average Bonchev–Trinajstić information content (AvgIpc) is 2.67. The maximum Gasteiger partial charge on any atom is 0.0821 e. The molecule has 5 rings (SSSR count). The fraction of sp³-hybridized carbons (Fsp3) is 0.824. The van der Waals surface area contributed by atoms with Crippen LogP contribution in [0.15, 0.2) is 0 Å². The first-order chi connectivity index (χ1) is 9.55. The summed E-state index contributed by atoms with van der Waals surface area (Å²) in [6.07, 6.45) is 10.0. The van der Waals surface area contributed by atoms with Crippen molar-refractivity contribution in [3.05, 3.63) is 17.0 Å². The van der Waals surface area contributed by atoms with Gasteiger partial charge in [-0.05, 0) is 87.5 Å². The normalized spacial score (nSPS) is 40.2. The molecule has 4 saturated carbocycles. The van der Waals surface area contributed by atoms with E-state index in [0.29, 0.717) is 5.41 Å². The van der Waals surface area contributed by atoms with Crippen LogP contribution in [0.25, 0.3) is 0 Å². The van der Waals surface area contributed by atoms with E-state index in [4.69, 9.17) is 5.73 Å². The fourth-order valence-electron chi connectivity index (χ4n) is 5.97. The van der Waals surface area contributed by atoms with Crippen molar-refractivity contribution in [2.45, 2.75) is 64.8 Å². The minimum absolute atomic E-state index is 0.121. The van der Waals surface area contributed by atoms with Crippen LogP contribution in [0, 0.1) is 37.0 Å². The fourth-order valence-corrected chi connectivity index (χ4v) is 5.97. The first-order valence-electron chi connectivity index (χ1n) is 8.32. The lowest BCUT2D eigenvalue weighted by Crippen LogP contribution is -2.47. The molecule has 3 N–H and O–H groups in total. The lowest BCUT2D eigenvalue weighted by atomic mass is 9.48. The highest BCUT2D eigenvalue weighted by Gasteiger charge is 2.51. The zero-order valence-corrected chi connectivity index (χ0v) is 12.8. The molecule has 1 atom stereocenters. The van der Waals surface area contributed by atoms with Crippen LogP contribution < -0.4 is 5.73 Å². The summed E-state index contributed by atoms with van der Waals surface area (Å²) in [7, 11) is 0. The number of H-pyrrole nitrogens is 1. The predicted molar refractivity (Wildman–Crippen MR) is 80.2 cm³/mol. The van der Waals surface area contributed by atoms with Gasteiger partial charge in [0.15, 0.2) is 0 Å². The molecule has 3 heteroatoms. The number of aryl methyl sites for hydroxylation is 1. The molecule has 1 heterocycles. The molecular formula is C17H27N3. The Hall–Kier alpha value is -0.830. The highest BCUT2D eigenvalue weighted by Crippen LogP contribution is 2.62. The van der Waals surface area contributed by atoms with Gasteiger partial charge >= 0.3 is 0 Å². The second-order valence-corrected chi connectivity index (χ2v) is 8.09. The number of rotatable bonds is 3. The first-order valence-corrected chi connectivity index (χ1v) is 8.32. The van der Waals surface area contributed by atoms with Crippen molar-refractivity contribution in [1.82, 2.24) is 10.2 Å². The second kappa shape index (κ2) is 4.33. The quantitative estimate of drug-likeness (QED) is 0.883. The van der Waals surface area contributed by atoms with E-state index in [9.17, 15) is 0 Å². The largest absolute Gasteiger partial charge is 0.323 e. The number of nitrogens with one attached hydrogen (secondary N) is 1. The summed E-state index contributed by atoms with van der Waals surface area (Å²) in [5, 5.41) is 7.56. The Morgan fingerprint density at radius 3 is 2.15 bits per heavy atom. The minimum atomic E-state index is 0.121. The lowest BCUT2D eigenvalue weighted by Gasteiger charge is -2.57. The van der Waals surface area contributed by atoms with Gasteiger partial charge in [-0.25, -0.2) is 0 Å². The van der Waals surface area contributed by atoms with E-state index < -0.39 is 0 Å². The van der Waals surface area contributed by atoms with Crippen LogP contribution in [0.2, 0.25) is 0 Å². The molecule has 3 nitrogen and oxygen atoms in total. The SMILES string of the molecule is Cc1[nH]nc(C(N)CC23CC4CC(CC(C4)C2)C3)c1C. The van der Waals surface area contributed by atoms with Crippen LogP contribution >= 0.6 is 0 Å². The average molecular weight is 273 g/mol. The smallest absolute Gasteiger partial charge is 0.0821 e. The van der Waals surface area contributed by atoms with Crippen molar-refractivity contribution < 1.29 is 0 Å². The highest BCUT2D eigenvalue weighted by atomic mass is 15.1. The molecule has 1 aromatic heterocycles. The standard InChI is InChI=1S/C17H27N3/c1-10-11(2)19-20-16(10)15(18)9-17-6-12-3-13(7-17)5-14(4-12)8-17/h12-15H,3-9,18H2,1-2H3,(H,19,20). The summed E-state index contributed by atoms with van der Waals surface area (Å²) in [5.41, 5.74) is 10.6. The maximum absolute atomic E-state index is 6.55. The molecule has 4 aliphatic carbocycles. The Labute approximate surface area is 121 Å². The van der Waals surface area contributed by atoms with E-state index in [-0.39, 0.29) is 6.04 Å². The van der Waals surface area contributed by atoms with Crippen molar-refractivity contribution in [1.29, 1.82) is 0 Å². The Bertz CT molecular complexity index is 481. The van der Waals surface area contributed by atoms with Gasteiger partial charge in [-0.3, -0.25) is 5.10 Å². The van der Waals surface area contributed by atoms with E-state index in [1.54, 1.807) is 0 Å². The molecule has 0 aliphatic heterocycles. The number of hydrogen-bond acceptors (Lipinski definition) is 2. The molecule has 4 aliphatic rings. The van der Waals surface area contributed by atoms with Crippen molar-refractivity contribution in [3.8, 4) is 0 Å². The van der Waals surface area contributed by atoms with Crippen LogP contribution in [-0.2, 0) is 0 Å². The molecule has 20 heavy (non-hydrogen) atoms. The van der Waals surface area contributed by atoms with Gasteiger partial charge in [-0.1, -0.05) is 0 Å². The minimum Gasteiger partial charge on any atom is -0.323 e. The van der Waals surface area contributed by atoms with E-state index in [2.05, 4.69) is 24.0 Å². The Morgan fingerprint density at radius 1 is 1.15 bits per heavy atom. The van der Waals surface area contributed by atoms with Crippen LogP contribution in [0.1, 0.15) is 67.9 Å². The molecule has 0 aromatic carbocycles. The van der Waals surface area contributed by atoms with Crippen LogP contribution in [0.5, 0.6) is 0 Å². The Balaban J connectivity index is 1.55. The van der Waals surface area contributed by atoms with Crippen molar-refractivity contribution in [2.75, 3.05) is 0 Å². The molecule has 1 unspecified atom stereocenters. The summed E-state index contributed by atoms with van der Waals surface area (Å²) >= 11 is 0.